The molecule has 2 rings (SSSR count). The lowest BCUT2D eigenvalue weighted by atomic mass is 9.95. The molecule has 0 spiro atoms. The lowest BCUT2D eigenvalue weighted by Gasteiger charge is -2.44. The first-order valence-corrected chi connectivity index (χ1v) is 9.13. The van der Waals surface area contributed by atoms with Crippen LogP contribution in [-0.4, -0.2) is 57.7 Å². The first-order chi connectivity index (χ1) is 14.0. The Morgan fingerprint density at radius 3 is 2.13 bits per heavy atom. The molecule has 1 fully saturated rings. The van der Waals surface area contributed by atoms with Crippen LogP contribution in [0.1, 0.15) is 40.8 Å². The molecule has 2 amide bonds. The Morgan fingerprint density at radius 1 is 1.03 bits per heavy atom. The molecule has 30 heavy (non-hydrogen) atoms. The minimum atomic E-state index is -1.26. The summed E-state index contributed by atoms with van der Waals surface area (Å²) >= 11 is 0. The number of hydrogen-bond acceptors (Lipinski definition) is 9. The van der Waals surface area contributed by atoms with Crippen LogP contribution in [0, 0.1) is 0 Å². The zero-order valence-electron chi connectivity index (χ0n) is 17.2. The topological polar surface area (TPSA) is 155 Å². The second-order valence-corrected chi connectivity index (χ2v) is 6.79. The second-order valence-electron chi connectivity index (χ2n) is 6.79. The predicted octanol–water partition coefficient (Wildman–Crippen LogP) is -0.513. The van der Waals surface area contributed by atoms with Gasteiger partial charge in [-0.15, -0.1) is 0 Å². The second kappa shape index (κ2) is 9.48. The van der Waals surface area contributed by atoms with Crippen molar-refractivity contribution in [3.63, 3.8) is 0 Å². The van der Waals surface area contributed by atoms with Crippen molar-refractivity contribution >= 4 is 29.6 Å². The van der Waals surface area contributed by atoms with Crippen molar-refractivity contribution in [3.05, 3.63) is 22.7 Å². The van der Waals surface area contributed by atoms with Crippen LogP contribution in [0.2, 0.25) is 0 Å². The van der Waals surface area contributed by atoms with E-state index in [0.717, 1.165) is 11.5 Å². The number of aromatic nitrogens is 2. The Hall–Kier alpha value is -3.28. The van der Waals surface area contributed by atoms with Crippen molar-refractivity contribution in [1.29, 1.82) is 0 Å². The number of carbonyl (C=O) groups is 4. The first kappa shape index (κ1) is 23.0. The fourth-order valence-electron chi connectivity index (χ4n) is 3.18. The maximum atomic E-state index is 12.5. The number of nitrogens with one attached hydrogen (secondary N) is 2. The van der Waals surface area contributed by atoms with Gasteiger partial charge in [0.2, 0.25) is 11.8 Å². The molecule has 2 N–H and O–H groups in total. The van der Waals surface area contributed by atoms with E-state index < -0.39 is 60.0 Å². The number of rotatable bonds is 5. The molecule has 1 aromatic heterocycles. The third-order valence-electron chi connectivity index (χ3n) is 4.20. The molecule has 5 unspecified atom stereocenters. The maximum absolute atomic E-state index is 12.5. The summed E-state index contributed by atoms with van der Waals surface area (Å²) in [5, 5.41) is 5.01. The van der Waals surface area contributed by atoms with Gasteiger partial charge in [0.05, 0.1) is 12.1 Å². The maximum Gasteiger partial charge on any atom is 0.351 e. The van der Waals surface area contributed by atoms with Gasteiger partial charge in [0.15, 0.2) is 18.4 Å². The molecule has 1 aromatic rings. The Bertz CT molecular complexity index is 898. The molecule has 164 valence electrons. The van der Waals surface area contributed by atoms with E-state index in [0.29, 0.717) is 0 Å². The zero-order valence-corrected chi connectivity index (χ0v) is 17.2. The number of anilines is 1. The van der Waals surface area contributed by atoms with Crippen LogP contribution >= 0.6 is 0 Å². The molecule has 0 radical (unpaired) electrons. The molecule has 0 saturated carbocycles. The van der Waals surface area contributed by atoms with Gasteiger partial charge in [-0.2, -0.15) is 4.98 Å². The Morgan fingerprint density at radius 2 is 1.63 bits per heavy atom. The molecule has 12 nitrogen and oxygen atoms in total. The summed E-state index contributed by atoms with van der Waals surface area (Å²) in [5.74, 6) is -2.17. The van der Waals surface area contributed by atoms with Gasteiger partial charge >= 0.3 is 17.6 Å². The number of amides is 2. The summed E-state index contributed by atoms with van der Waals surface area (Å²) in [6.07, 6.45) is -3.02. The molecular formula is C18H24N4O8. The van der Waals surface area contributed by atoms with Crippen LogP contribution in [-0.2, 0) is 33.4 Å². The highest BCUT2D eigenvalue weighted by atomic mass is 16.6. The van der Waals surface area contributed by atoms with Crippen LogP contribution in [0.3, 0.4) is 0 Å². The molecule has 5 atom stereocenters. The van der Waals surface area contributed by atoms with E-state index in [2.05, 4.69) is 15.6 Å². The fourth-order valence-corrected chi connectivity index (χ4v) is 3.18. The number of esters is 2. The lowest BCUT2D eigenvalue weighted by molar-refractivity contribution is -0.231. The third-order valence-corrected chi connectivity index (χ3v) is 4.20. The highest BCUT2D eigenvalue weighted by Gasteiger charge is 2.49. The van der Waals surface area contributed by atoms with E-state index >= 15 is 0 Å². The van der Waals surface area contributed by atoms with Gasteiger partial charge in [-0.25, -0.2) is 4.79 Å². The molecule has 1 aliphatic heterocycles. The summed E-state index contributed by atoms with van der Waals surface area (Å²) < 4.78 is 17.6. The smallest absolute Gasteiger partial charge is 0.351 e. The van der Waals surface area contributed by atoms with Crippen molar-refractivity contribution in [2.75, 3.05) is 5.32 Å². The van der Waals surface area contributed by atoms with E-state index in [-0.39, 0.29) is 5.82 Å². The third kappa shape index (κ3) is 5.63. The molecule has 2 heterocycles. The van der Waals surface area contributed by atoms with Crippen LogP contribution in [0.25, 0.3) is 0 Å². The molecule has 0 aromatic carbocycles. The van der Waals surface area contributed by atoms with Crippen LogP contribution in [0.15, 0.2) is 17.1 Å². The quantitative estimate of drug-likeness (QED) is 0.594. The molecule has 12 heteroatoms. The number of ether oxygens (including phenoxy) is 3. The van der Waals surface area contributed by atoms with Crippen molar-refractivity contribution in [2.45, 2.75) is 65.2 Å². The Balaban J connectivity index is 2.50. The summed E-state index contributed by atoms with van der Waals surface area (Å²) in [7, 11) is 0. The standard InChI is InChI=1S/C18H24N4O8/c1-8-14(20-10(3)24)15(29-11(4)25)16(30-12(5)26)17(28-8)22-7-6-13(19-9(2)23)21-18(22)27/h6-8,14-17H,1-5H3,(H,20,24)(H,19,21,23,27). The molecule has 1 saturated heterocycles. The van der Waals surface area contributed by atoms with E-state index in [1.165, 1.54) is 33.0 Å². The van der Waals surface area contributed by atoms with Gasteiger partial charge in [-0.3, -0.25) is 23.7 Å². The van der Waals surface area contributed by atoms with Gasteiger partial charge in [-0.05, 0) is 13.0 Å². The van der Waals surface area contributed by atoms with Gasteiger partial charge in [-0.1, -0.05) is 0 Å². The van der Waals surface area contributed by atoms with Crippen molar-refractivity contribution < 1.29 is 33.4 Å². The highest BCUT2D eigenvalue weighted by molar-refractivity contribution is 5.87. The molecule has 1 aliphatic rings. The van der Waals surface area contributed by atoms with E-state index in [4.69, 9.17) is 14.2 Å². The normalized spacial score (nSPS) is 25.7. The largest absolute Gasteiger partial charge is 0.456 e. The zero-order chi connectivity index (χ0) is 22.6. The van der Waals surface area contributed by atoms with Crippen molar-refractivity contribution in [3.8, 4) is 0 Å². The van der Waals surface area contributed by atoms with Gasteiger partial charge in [0.25, 0.3) is 0 Å². The highest BCUT2D eigenvalue weighted by Crippen LogP contribution is 2.32. The number of hydrogen-bond donors (Lipinski definition) is 2. The van der Waals surface area contributed by atoms with Crippen LogP contribution in [0.4, 0.5) is 5.82 Å². The van der Waals surface area contributed by atoms with Crippen molar-refractivity contribution in [1.82, 2.24) is 14.9 Å². The minimum absolute atomic E-state index is 0.0318. The Labute approximate surface area is 171 Å². The van der Waals surface area contributed by atoms with E-state index in [1.807, 2.05) is 0 Å². The Kier molecular flexibility index (Phi) is 7.27. The minimum Gasteiger partial charge on any atom is -0.456 e. The van der Waals surface area contributed by atoms with E-state index in [1.54, 1.807) is 6.92 Å². The summed E-state index contributed by atoms with van der Waals surface area (Å²) in [5.41, 5.74) is -0.796. The van der Waals surface area contributed by atoms with Gasteiger partial charge in [0.1, 0.15) is 5.82 Å². The molecule has 0 aliphatic carbocycles. The average molecular weight is 424 g/mol. The summed E-state index contributed by atoms with van der Waals surface area (Å²) in [6.45, 7) is 6.47. The number of carbonyl (C=O) groups excluding carboxylic acids is 4. The summed E-state index contributed by atoms with van der Waals surface area (Å²) in [6, 6.07) is 0.525. The SMILES string of the molecule is CC(=O)Nc1ccn(C2OC(C)C(NC(C)=O)C(OC(C)=O)C2OC(C)=O)c(=O)n1. The monoisotopic (exact) mass is 424 g/mol. The first-order valence-electron chi connectivity index (χ1n) is 9.13. The predicted molar refractivity (Wildman–Crippen MR) is 101 cm³/mol. The molecular weight excluding hydrogens is 400 g/mol. The fraction of sp³-hybridized carbons (Fsp3) is 0.556. The van der Waals surface area contributed by atoms with Gasteiger partial charge in [0, 0.05) is 33.9 Å². The average Bonchev–Trinajstić information content (AvgIpc) is 2.59. The lowest BCUT2D eigenvalue weighted by Crippen LogP contribution is -2.63. The van der Waals surface area contributed by atoms with Crippen molar-refractivity contribution in [2.24, 2.45) is 0 Å². The van der Waals surface area contributed by atoms with Crippen LogP contribution in [0.5, 0.6) is 0 Å². The summed E-state index contributed by atoms with van der Waals surface area (Å²) in [4.78, 5) is 62.6. The van der Waals surface area contributed by atoms with Gasteiger partial charge < -0.3 is 24.8 Å². The van der Waals surface area contributed by atoms with E-state index in [9.17, 15) is 24.0 Å². The van der Waals surface area contributed by atoms with Crippen LogP contribution < -0.4 is 16.3 Å². The molecule has 0 bridgehead atoms. The number of nitrogens with zero attached hydrogens (tertiary/aromatic N) is 2.